The van der Waals surface area contributed by atoms with Crippen molar-refractivity contribution in [3.63, 3.8) is 0 Å². The van der Waals surface area contributed by atoms with E-state index >= 15 is 0 Å². The predicted molar refractivity (Wildman–Crippen MR) is 110 cm³/mol. The van der Waals surface area contributed by atoms with Crippen molar-refractivity contribution in [2.45, 2.75) is 26.1 Å². The summed E-state index contributed by atoms with van der Waals surface area (Å²) < 4.78 is 11.2. The van der Waals surface area contributed by atoms with Crippen molar-refractivity contribution in [3.8, 4) is 0 Å². The molecule has 1 amide bonds. The average Bonchev–Trinajstić information content (AvgIpc) is 2.74. The molecule has 1 aromatic rings. The molecule has 3 aliphatic rings. The van der Waals surface area contributed by atoms with Crippen LogP contribution < -0.4 is 9.80 Å². The van der Waals surface area contributed by atoms with Gasteiger partial charge in [-0.2, -0.15) is 4.98 Å². The first-order chi connectivity index (χ1) is 14.1. The van der Waals surface area contributed by atoms with E-state index in [-0.39, 0.29) is 18.1 Å². The Morgan fingerprint density at radius 1 is 1.03 bits per heavy atom. The Labute approximate surface area is 172 Å². The van der Waals surface area contributed by atoms with Gasteiger partial charge in [-0.15, -0.1) is 0 Å². The number of nitrogens with zero attached hydrogens (tertiary/aromatic N) is 6. The van der Waals surface area contributed by atoms with Crippen LogP contribution in [0.25, 0.3) is 0 Å². The first-order valence-corrected chi connectivity index (χ1v) is 10.6. The lowest BCUT2D eigenvalue weighted by Gasteiger charge is -2.38. The quantitative estimate of drug-likeness (QED) is 0.698. The fourth-order valence-corrected chi connectivity index (χ4v) is 4.24. The molecule has 29 heavy (non-hydrogen) atoms. The molecule has 3 fully saturated rings. The van der Waals surface area contributed by atoms with Gasteiger partial charge in [-0.05, 0) is 19.9 Å². The molecule has 0 bridgehead atoms. The van der Waals surface area contributed by atoms with Crippen molar-refractivity contribution in [2.24, 2.45) is 0 Å². The molecule has 1 aromatic heterocycles. The van der Waals surface area contributed by atoms with E-state index in [1.54, 1.807) is 0 Å². The van der Waals surface area contributed by atoms with Gasteiger partial charge >= 0.3 is 0 Å². The number of piperazine rings is 1. The van der Waals surface area contributed by atoms with Crippen LogP contribution in [0.3, 0.4) is 0 Å². The van der Waals surface area contributed by atoms with Gasteiger partial charge in [-0.25, -0.2) is 4.98 Å². The van der Waals surface area contributed by atoms with Crippen LogP contribution in [-0.2, 0) is 14.3 Å². The van der Waals surface area contributed by atoms with Crippen LogP contribution in [-0.4, -0.2) is 110 Å². The number of amides is 1. The van der Waals surface area contributed by atoms with Crippen molar-refractivity contribution >= 4 is 17.7 Å². The molecular weight excluding hydrogens is 372 g/mol. The molecule has 0 aromatic carbocycles. The van der Waals surface area contributed by atoms with Gasteiger partial charge in [0.2, 0.25) is 11.9 Å². The van der Waals surface area contributed by atoms with Crippen molar-refractivity contribution < 1.29 is 14.3 Å². The fraction of sp³-hybridized carbons (Fsp3) is 0.750. The summed E-state index contributed by atoms with van der Waals surface area (Å²) in [5.41, 5.74) is 0. The second-order valence-corrected chi connectivity index (χ2v) is 8.13. The molecular formula is C20H32N6O3. The van der Waals surface area contributed by atoms with Gasteiger partial charge in [0.25, 0.3) is 0 Å². The van der Waals surface area contributed by atoms with Gasteiger partial charge in [-0.3, -0.25) is 9.69 Å². The first kappa shape index (κ1) is 20.3. The lowest BCUT2D eigenvalue weighted by atomic mass is 10.2. The summed E-state index contributed by atoms with van der Waals surface area (Å²) in [7, 11) is 0. The van der Waals surface area contributed by atoms with Crippen LogP contribution in [0.5, 0.6) is 0 Å². The third kappa shape index (κ3) is 5.15. The zero-order chi connectivity index (χ0) is 20.2. The Kier molecular flexibility index (Phi) is 6.46. The topological polar surface area (TPSA) is 74.3 Å². The van der Waals surface area contributed by atoms with E-state index in [0.717, 1.165) is 64.2 Å². The maximum absolute atomic E-state index is 12.7. The van der Waals surface area contributed by atoms with Crippen LogP contribution in [0.4, 0.5) is 11.8 Å². The van der Waals surface area contributed by atoms with Crippen molar-refractivity contribution in [1.29, 1.82) is 0 Å². The third-order valence-corrected chi connectivity index (χ3v) is 5.75. The number of aromatic nitrogens is 2. The second kappa shape index (κ2) is 9.23. The van der Waals surface area contributed by atoms with Crippen LogP contribution in [0.15, 0.2) is 12.3 Å². The summed E-state index contributed by atoms with van der Waals surface area (Å²) in [5, 5.41) is 0. The van der Waals surface area contributed by atoms with Crippen LogP contribution in [0.2, 0.25) is 0 Å². The third-order valence-electron chi connectivity index (χ3n) is 5.75. The van der Waals surface area contributed by atoms with E-state index in [0.29, 0.717) is 19.6 Å². The molecule has 2 unspecified atom stereocenters. The average molecular weight is 405 g/mol. The SMILES string of the molecule is CC1CN(C(=O)CN2CCN(c3ccnc(N4CCOCC4)n3)CC2)CC(C)O1. The highest BCUT2D eigenvalue weighted by Crippen LogP contribution is 2.18. The number of carbonyl (C=O) groups excluding carboxylic acids is 1. The molecule has 0 N–H and O–H groups in total. The minimum Gasteiger partial charge on any atom is -0.378 e. The monoisotopic (exact) mass is 404 g/mol. The number of ether oxygens (including phenoxy) is 2. The van der Waals surface area contributed by atoms with Crippen molar-refractivity contribution in [3.05, 3.63) is 12.3 Å². The minimum absolute atomic E-state index is 0.109. The van der Waals surface area contributed by atoms with Crippen molar-refractivity contribution in [1.82, 2.24) is 19.8 Å². The maximum atomic E-state index is 12.7. The van der Waals surface area contributed by atoms with Crippen LogP contribution in [0.1, 0.15) is 13.8 Å². The molecule has 0 spiro atoms. The van der Waals surface area contributed by atoms with Crippen LogP contribution in [0, 0.1) is 0 Å². The summed E-state index contributed by atoms with van der Waals surface area (Å²) in [5.74, 6) is 1.94. The van der Waals surface area contributed by atoms with E-state index in [9.17, 15) is 4.79 Å². The number of anilines is 2. The summed E-state index contributed by atoms with van der Waals surface area (Å²) in [6.07, 6.45) is 2.06. The molecule has 0 saturated carbocycles. The number of hydrogen-bond acceptors (Lipinski definition) is 8. The number of rotatable bonds is 4. The Hall–Kier alpha value is -1.97. The summed E-state index contributed by atoms with van der Waals surface area (Å²) in [4.78, 5) is 30.6. The van der Waals surface area contributed by atoms with Crippen molar-refractivity contribution in [2.75, 3.05) is 81.9 Å². The highest BCUT2D eigenvalue weighted by molar-refractivity contribution is 5.78. The Bertz CT molecular complexity index is 681. The van der Waals surface area contributed by atoms with E-state index < -0.39 is 0 Å². The summed E-state index contributed by atoms with van der Waals surface area (Å²) >= 11 is 0. The molecule has 9 heteroatoms. The fourth-order valence-electron chi connectivity index (χ4n) is 4.24. The standard InChI is InChI=1S/C20H32N6O3/c1-16-13-26(14-17(2)29-16)19(27)15-23-5-7-24(8-6-23)18-3-4-21-20(22-18)25-9-11-28-12-10-25/h3-4,16-17H,5-15H2,1-2H3. The smallest absolute Gasteiger partial charge is 0.236 e. The van der Waals surface area contributed by atoms with Gasteiger partial charge in [0.1, 0.15) is 5.82 Å². The molecule has 3 saturated heterocycles. The number of hydrogen-bond donors (Lipinski definition) is 0. The largest absolute Gasteiger partial charge is 0.378 e. The number of morpholine rings is 2. The molecule has 4 rings (SSSR count). The van der Waals surface area contributed by atoms with E-state index in [2.05, 4.69) is 19.7 Å². The van der Waals surface area contributed by atoms with Gasteiger partial charge in [-0.1, -0.05) is 0 Å². The number of carbonyl (C=O) groups is 1. The minimum atomic E-state index is 0.109. The van der Waals surface area contributed by atoms with Gasteiger partial charge in [0.15, 0.2) is 0 Å². The van der Waals surface area contributed by atoms with E-state index in [4.69, 9.17) is 14.5 Å². The molecule has 0 aliphatic carbocycles. The van der Waals surface area contributed by atoms with E-state index in [1.165, 1.54) is 0 Å². The highest BCUT2D eigenvalue weighted by atomic mass is 16.5. The summed E-state index contributed by atoms with van der Waals surface area (Å²) in [6.45, 7) is 12.5. The molecule has 160 valence electrons. The lowest BCUT2D eigenvalue weighted by molar-refractivity contribution is -0.144. The van der Waals surface area contributed by atoms with Crippen LogP contribution >= 0.6 is 0 Å². The zero-order valence-electron chi connectivity index (χ0n) is 17.5. The Morgan fingerprint density at radius 2 is 1.72 bits per heavy atom. The first-order valence-electron chi connectivity index (χ1n) is 10.6. The summed E-state index contributed by atoms with van der Waals surface area (Å²) in [6, 6.07) is 1.97. The lowest BCUT2D eigenvalue weighted by Crippen LogP contribution is -2.54. The molecule has 0 radical (unpaired) electrons. The molecule has 9 nitrogen and oxygen atoms in total. The van der Waals surface area contributed by atoms with Gasteiger partial charge < -0.3 is 24.2 Å². The Balaban J connectivity index is 1.29. The van der Waals surface area contributed by atoms with Gasteiger partial charge in [0.05, 0.1) is 32.0 Å². The second-order valence-electron chi connectivity index (χ2n) is 8.13. The van der Waals surface area contributed by atoms with E-state index in [1.807, 2.05) is 31.0 Å². The predicted octanol–water partition coefficient (Wildman–Crippen LogP) is 0.0710. The zero-order valence-corrected chi connectivity index (χ0v) is 17.5. The molecule has 3 aliphatic heterocycles. The normalized spacial score (nSPS) is 26.6. The highest BCUT2D eigenvalue weighted by Gasteiger charge is 2.28. The molecule has 2 atom stereocenters. The van der Waals surface area contributed by atoms with Gasteiger partial charge in [0, 0.05) is 58.6 Å². The Morgan fingerprint density at radius 3 is 2.41 bits per heavy atom. The molecule has 4 heterocycles. The maximum Gasteiger partial charge on any atom is 0.236 e.